The lowest BCUT2D eigenvalue weighted by molar-refractivity contribution is 0.193. The van der Waals surface area contributed by atoms with Gasteiger partial charge in [-0.3, -0.25) is 4.98 Å². The van der Waals surface area contributed by atoms with E-state index in [1.54, 1.807) is 0 Å². The van der Waals surface area contributed by atoms with Crippen molar-refractivity contribution in [1.29, 1.82) is 0 Å². The van der Waals surface area contributed by atoms with Crippen molar-refractivity contribution in [3.63, 3.8) is 0 Å². The first-order chi connectivity index (χ1) is 8.66. The number of nitrogens with one attached hydrogen (secondary N) is 1. The van der Waals surface area contributed by atoms with Gasteiger partial charge in [-0.15, -0.1) is 0 Å². The second-order valence-electron chi connectivity index (χ2n) is 5.03. The van der Waals surface area contributed by atoms with Crippen LogP contribution in [-0.2, 0) is 11.3 Å². The Hall–Kier alpha value is -1.20. The Kier molecular flexibility index (Phi) is 4.49. The maximum atomic E-state index is 5.39. The SMILES string of the molecule is CC(C)NCc1cnc(N(C)C2CCOC2)cn1. The molecule has 1 saturated heterocycles. The summed E-state index contributed by atoms with van der Waals surface area (Å²) in [4.78, 5) is 11.1. The van der Waals surface area contributed by atoms with Crippen LogP contribution in [0.3, 0.4) is 0 Å². The summed E-state index contributed by atoms with van der Waals surface area (Å²) in [6.45, 7) is 6.64. The standard InChI is InChI=1S/C13H22N4O/c1-10(2)14-6-11-7-16-13(8-15-11)17(3)12-4-5-18-9-12/h7-8,10,12,14H,4-6,9H2,1-3H3. The molecule has 0 amide bonds. The molecule has 18 heavy (non-hydrogen) atoms. The fourth-order valence-corrected chi connectivity index (χ4v) is 1.94. The molecule has 1 aromatic rings. The molecule has 1 fully saturated rings. The number of hydrogen-bond acceptors (Lipinski definition) is 5. The number of aromatic nitrogens is 2. The van der Waals surface area contributed by atoms with Gasteiger partial charge in [0.15, 0.2) is 0 Å². The summed E-state index contributed by atoms with van der Waals surface area (Å²) >= 11 is 0. The third kappa shape index (κ3) is 3.40. The second kappa shape index (κ2) is 6.11. The van der Waals surface area contributed by atoms with Crippen LogP contribution in [0.5, 0.6) is 0 Å². The van der Waals surface area contributed by atoms with Gasteiger partial charge in [0.1, 0.15) is 5.82 Å². The van der Waals surface area contributed by atoms with Crippen molar-refractivity contribution in [2.75, 3.05) is 25.2 Å². The Balaban J connectivity index is 1.93. The molecule has 0 radical (unpaired) electrons. The van der Waals surface area contributed by atoms with Crippen LogP contribution in [0.15, 0.2) is 12.4 Å². The van der Waals surface area contributed by atoms with Crippen molar-refractivity contribution in [2.24, 2.45) is 0 Å². The van der Waals surface area contributed by atoms with E-state index in [0.717, 1.165) is 37.7 Å². The third-order valence-electron chi connectivity index (χ3n) is 3.20. The van der Waals surface area contributed by atoms with Crippen LogP contribution in [0.4, 0.5) is 5.82 Å². The Bertz CT molecular complexity index is 360. The van der Waals surface area contributed by atoms with Gasteiger partial charge in [-0.25, -0.2) is 4.98 Å². The molecule has 1 aliphatic rings. The van der Waals surface area contributed by atoms with E-state index < -0.39 is 0 Å². The van der Waals surface area contributed by atoms with Crippen molar-refractivity contribution in [3.8, 4) is 0 Å². The molecular formula is C13H22N4O. The number of nitrogens with zero attached hydrogens (tertiary/aromatic N) is 3. The molecule has 0 bridgehead atoms. The van der Waals surface area contributed by atoms with Gasteiger partial charge < -0.3 is 15.0 Å². The first kappa shape index (κ1) is 13.2. The van der Waals surface area contributed by atoms with Gasteiger partial charge in [0.05, 0.1) is 30.7 Å². The van der Waals surface area contributed by atoms with Gasteiger partial charge in [0.25, 0.3) is 0 Å². The van der Waals surface area contributed by atoms with Crippen LogP contribution in [0.2, 0.25) is 0 Å². The Morgan fingerprint density at radius 2 is 2.28 bits per heavy atom. The van der Waals surface area contributed by atoms with Crippen LogP contribution in [0, 0.1) is 0 Å². The first-order valence-corrected chi connectivity index (χ1v) is 6.51. The fraction of sp³-hybridized carbons (Fsp3) is 0.692. The number of rotatable bonds is 5. The summed E-state index contributed by atoms with van der Waals surface area (Å²) in [7, 11) is 2.05. The van der Waals surface area contributed by atoms with Gasteiger partial charge >= 0.3 is 0 Å². The smallest absolute Gasteiger partial charge is 0.147 e. The summed E-state index contributed by atoms with van der Waals surface area (Å²) in [5, 5.41) is 3.33. The lowest BCUT2D eigenvalue weighted by atomic mass is 10.2. The zero-order chi connectivity index (χ0) is 13.0. The van der Waals surface area contributed by atoms with E-state index in [2.05, 4.69) is 41.1 Å². The molecule has 2 rings (SSSR count). The molecule has 0 spiro atoms. The molecule has 0 aliphatic carbocycles. The quantitative estimate of drug-likeness (QED) is 0.851. The van der Waals surface area contributed by atoms with Gasteiger partial charge in [-0.2, -0.15) is 0 Å². The van der Waals surface area contributed by atoms with Gasteiger partial charge in [0, 0.05) is 26.2 Å². The maximum Gasteiger partial charge on any atom is 0.147 e. The second-order valence-corrected chi connectivity index (χ2v) is 5.03. The van der Waals surface area contributed by atoms with Crippen LogP contribution in [0.1, 0.15) is 26.0 Å². The van der Waals surface area contributed by atoms with Crippen LogP contribution >= 0.6 is 0 Å². The molecule has 5 heteroatoms. The van der Waals surface area contributed by atoms with E-state index in [0.29, 0.717) is 12.1 Å². The van der Waals surface area contributed by atoms with E-state index >= 15 is 0 Å². The van der Waals surface area contributed by atoms with Gasteiger partial charge in [-0.05, 0) is 6.42 Å². The highest BCUT2D eigenvalue weighted by Gasteiger charge is 2.21. The molecule has 1 atom stereocenters. The number of likely N-dealkylation sites (N-methyl/N-ethyl adjacent to an activating group) is 1. The monoisotopic (exact) mass is 250 g/mol. The summed E-state index contributed by atoms with van der Waals surface area (Å²) in [5.41, 5.74) is 0.975. The molecular weight excluding hydrogens is 228 g/mol. The minimum Gasteiger partial charge on any atom is -0.379 e. The predicted octanol–water partition coefficient (Wildman–Crippen LogP) is 1.20. The van der Waals surface area contributed by atoms with Crippen molar-refractivity contribution in [3.05, 3.63) is 18.1 Å². The predicted molar refractivity (Wildman–Crippen MR) is 71.6 cm³/mol. The molecule has 0 saturated carbocycles. The van der Waals surface area contributed by atoms with Crippen LogP contribution < -0.4 is 10.2 Å². The van der Waals surface area contributed by atoms with Crippen molar-refractivity contribution in [1.82, 2.24) is 15.3 Å². The van der Waals surface area contributed by atoms with Gasteiger partial charge in [-0.1, -0.05) is 13.8 Å². The Labute approximate surface area is 109 Å². The van der Waals surface area contributed by atoms with Crippen LogP contribution in [-0.4, -0.2) is 42.3 Å². The number of anilines is 1. The first-order valence-electron chi connectivity index (χ1n) is 6.51. The molecule has 5 nitrogen and oxygen atoms in total. The topological polar surface area (TPSA) is 50.3 Å². The van der Waals surface area contributed by atoms with Crippen molar-refractivity contribution >= 4 is 5.82 Å². The van der Waals surface area contributed by atoms with Crippen molar-refractivity contribution in [2.45, 2.75) is 38.9 Å². The summed E-state index contributed by atoms with van der Waals surface area (Å²) in [5.74, 6) is 0.916. The minimum absolute atomic E-state index is 0.430. The summed E-state index contributed by atoms with van der Waals surface area (Å²) in [6.07, 6.45) is 4.75. The highest BCUT2D eigenvalue weighted by atomic mass is 16.5. The molecule has 0 aromatic carbocycles. The van der Waals surface area contributed by atoms with E-state index in [9.17, 15) is 0 Å². The summed E-state index contributed by atoms with van der Waals surface area (Å²) < 4.78 is 5.39. The molecule has 1 aromatic heterocycles. The minimum atomic E-state index is 0.430. The van der Waals surface area contributed by atoms with Gasteiger partial charge in [0.2, 0.25) is 0 Å². The largest absolute Gasteiger partial charge is 0.379 e. The average molecular weight is 250 g/mol. The highest BCUT2D eigenvalue weighted by Crippen LogP contribution is 2.16. The number of ether oxygens (including phenoxy) is 1. The van der Waals surface area contributed by atoms with Crippen LogP contribution in [0.25, 0.3) is 0 Å². The number of hydrogen-bond donors (Lipinski definition) is 1. The van der Waals surface area contributed by atoms with E-state index in [-0.39, 0.29) is 0 Å². The Morgan fingerprint density at radius 3 is 2.83 bits per heavy atom. The molecule has 1 N–H and O–H groups in total. The fourth-order valence-electron chi connectivity index (χ4n) is 1.94. The normalized spacial score (nSPS) is 19.4. The Morgan fingerprint density at radius 1 is 1.44 bits per heavy atom. The maximum absolute atomic E-state index is 5.39. The zero-order valence-electron chi connectivity index (χ0n) is 11.4. The molecule has 100 valence electrons. The molecule has 1 aliphatic heterocycles. The van der Waals surface area contributed by atoms with E-state index in [1.165, 1.54) is 0 Å². The summed E-state index contributed by atoms with van der Waals surface area (Å²) in [6, 6.07) is 0.892. The zero-order valence-corrected chi connectivity index (χ0v) is 11.4. The van der Waals surface area contributed by atoms with Crippen molar-refractivity contribution < 1.29 is 4.74 Å². The highest BCUT2D eigenvalue weighted by molar-refractivity contribution is 5.36. The lowest BCUT2D eigenvalue weighted by Gasteiger charge is -2.23. The average Bonchev–Trinajstić information content (AvgIpc) is 2.90. The molecule has 2 heterocycles. The third-order valence-corrected chi connectivity index (χ3v) is 3.20. The van der Waals surface area contributed by atoms with E-state index in [4.69, 9.17) is 4.74 Å². The lowest BCUT2D eigenvalue weighted by Crippen LogP contribution is -2.32. The van der Waals surface area contributed by atoms with E-state index in [1.807, 2.05) is 12.4 Å². The molecule has 1 unspecified atom stereocenters.